The Morgan fingerprint density at radius 2 is 1.60 bits per heavy atom. The maximum Gasteiger partial charge on any atom is 0.323 e. The van der Waals surface area contributed by atoms with E-state index in [4.69, 9.17) is 5.73 Å². The van der Waals surface area contributed by atoms with Gasteiger partial charge in [0.15, 0.2) is 0 Å². The van der Waals surface area contributed by atoms with Crippen LogP contribution in [0, 0.1) is 6.92 Å². The summed E-state index contributed by atoms with van der Waals surface area (Å²) in [7, 11) is 2.05. The largest absolute Gasteiger partial charge is 0.366 e. The SMILES string of the molecule is Cc1c(NC(=O)Nc2ccccc2)cccc1-c1ccc(C(N)=O)c2[nH]c3cc(C(=O)N4CCN(C)CC4)ccc3c12. The number of piperazine rings is 1. The number of anilines is 2. The maximum atomic E-state index is 13.3. The van der Waals surface area contributed by atoms with Gasteiger partial charge in [-0.15, -0.1) is 0 Å². The number of carbonyl (C=O) groups excluding carboxylic acids is 3. The first-order chi connectivity index (χ1) is 20.3. The number of carbonyl (C=O) groups is 3. The number of hydrogen-bond donors (Lipinski definition) is 4. The van der Waals surface area contributed by atoms with Crippen molar-refractivity contribution < 1.29 is 14.4 Å². The standard InChI is InChI=1S/C33H32N6O3/c1-20-23(9-6-10-27(20)37-33(42)35-22-7-4-3-5-8-22)24-13-14-26(31(34)40)30-29(24)25-12-11-21(19-28(25)36-30)32(41)39-17-15-38(2)16-18-39/h3-14,19,36H,15-18H2,1-2H3,(H2,34,40)(H2,35,37,42). The van der Waals surface area contributed by atoms with Crippen LogP contribution in [0.15, 0.2) is 78.9 Å². The van der Waals surface area contributed by atoms with Crippen LogP contribution in [0.5, 0.6) is 0 Å². The summed E-state index contributed by atoms with van der Waals surface area (Å²) in [6.45, 7) is 4.99. The van der Waals surface area contributed by atoms with Crippen molar-refractivity contribution in [2.75, 3.05) is 43.9 Å². The predicted molar refractivity (Wildman–Crippen MR) is 167 cm³/mol. The van der Waals surface area contributed by atoms with Crippen molar-refractivity contribution in [2.45, 2.75) is 6.92 Å². The first kappa shape index (κ1) is 27.0. The number of aromatic amines is 1. The van der Waals surface area contributed by atoms with Gasteiger partial charge in [0.1, 0.15) is 0 Å². The number of hydrogen-bond acceptors (Lipinski definition) is 4. The minimum Gasteiger partial charge on any atom is -0.366 e. The topological polar surface area (TPSA) is 124 Å². The van der Waals surface area contributed by atoms with E-state index in [1.165, 1.54) is 0 Å². The molecule has 1 aliphatic heterocycles. The van der Waals surface area contributed by atoms with Gasteiger partial charge in [0.25, 0.3) is 11.8 Å². The van der Waals surface area contributed by atoms with E-state index >= 15 is 0 Å². The fraction of sp³-hybridized carbons (Fsp3) is 0.182. The second kappa shape index (κ2) is 11.0. The van der Waals surface area contributed by atoms with E-state index in [1.807, 2.05) is 84.6 Å². The molecule has 212 valence electrons. The number of nitrogens with two attached hydrogens (primary N) is 1. The Morgan fingerprint density at radius 3 is 2.33 bits per heavy atom. The zero-order chi connectivity index (χ0) is 29.4. The molecule has 0 aliphatic carbocycles. The van der Waals surface area contributed by atoms with Crippen LogP contribution in [0.4, 0.5) is 16.2 Å². The Morgan fingerprint density at radius 1 is 0.833 bits per heavy atom. The summed E-state index contributed by atoms with van der Waals surface area (Å²) in [5.41, 5.74) is 12.1. The number of H-pyrrole nitrogens is 1. The van der Waals surface area contributed by atoms with Crippen LogP contribution in [-0.4, -0.2) is 65.9 Å². The third-order valence-electron chi connectivity index (χ3n) is 7.96. The molecule has 5 N–H and O–H groups in total. The number of nitrogens with zero attached hydrogens (tertiary/aromatic N) is 2. The first-order valence-electron chi connectivity index (χ1n) is 13.9. The predicted octanol–water partition coefficient (Wildman–Crippen LogP) is 5.43. The molecular weight excluding hydrogens is 528 g/mol. The highest BCUT2D eigenvalue weighted by atomic mass is 16.2. The van der Waals surface area contributed by atoms with Gasteiger partial charge < -0.3 is 31.2 Å². The molecule has 0 radical (unpaired) electrons. The van der Waals surface area contributed by atoms with Gasteiger partial charge in [-0.1, -0.05) is 42.5 Å². The Balaban J connectivity index is 1.40. The van der Waals surface area contributed by atoms with Crippen molar-refractivity contribution in [3.8, 4) is 11.1 Å². The number of rotatable bonds is 5. The van der Waals surface area contributed by atoms with E-state index < -0.39 is 5.91 Å². The maximum absolute atomic E-state index is 13.3. The molecule has 2 heterocycles. The highest BCUT2D eigenvalue weighted by molar-refractivity contribution is 6.20. The van der Waals surface area contributed by atoms with Crippen molar-refractivity contribution in [3.63, 3.8) is 0 Å². The van der Waals surface area contributed by atoms with Gasteiger partial charge in [0.05, 0.1) is 11.1 Å². The van der Waals surface area contributed by atoms with E-state index in [0.717, 1.165) is 46.1 Å². The molecule has 1 saturated heterocycles. The molecule has 1 fully saturated rings. The second-order valence-corrected chi connectivity index (χ2v) is 10.7. The summed E-state index contributed by atoms with van der Waals surface area (Å²) in [6.07, 6.45) is 0. The molecule has 0 saturated carbocycles. The molecule has 0 unspecified atom stereocenters. The summed E-state index contributed by atoms with van der Waals surface area (Å²) in [4.78, 5) is 45.9. The van der Waals surface area contributed by atoms with E-state index in [0.29, 0.717) is 41.1 Å². The van der Waals surface area contributed by atoms with Crippen LogP contribution in [0.3, 0.4) is 0 Å². The molecule has 9 nitrogen and oxygen atoms in total. The fourth-order valence-corrected chi connectivity index (χ4v) is 5.64. The van der Waals surface area contributed by atoms with Gasteiger partial charge in [-0.2, -0.15) is 0 Å². The first-order valence-corrected chi connectivity index (χ1v) is 13.9. The van der Waals surface area contributed by atoms with Crippen molar-refractivity contribution in [2.24, 2.45) is 5.73 Å². The minimum absolute atomic E-state index is 0.0117. The molecule has 6 rings (SSSR count). The number of amides is 4. The zero-order valence-corrected chi connectivity index (χ0v) is 23.5. The number of aromatic nitrogens is 1. The van der Waals surface area contributed by atoms with Crippen LogP contribution in [-0.2, 0) is 0 Å². The Kier molecular flexibility index (Phi) is 7.10. The van der Waals surface area contributed by atoms with Crippen LogP contribution < -0.4 is 16.4 Å². The van der Waals surface area contributed by atoms with Crippen molar-refractivity contribution >= 4 is 51.0 Å². The quantitative estimate of drug-likeness (QED) is 0.229. The van der Waals surface area contributed by atoms with Crippen molar-refractivity contribution in [1.29, 1.82) is 0 Å². The van der Waals surface area contributed by atoms with Gasteiger partial charge in [-0.25, -0.2) is 4.79 Å². The Bertz CT molecular complexity index is 1840. The Labute approximate surface area is 243 Å². The molecule has 4 aromatic carbocycles. The molecule has 0 atom stereocenters. The number of para-hydroxylation sites is 1. The lowest BCUT2D eigenvalue weighted by atomic mass is 9.93. The fourth-order valence-electron chi connectivity index (χ4n) is 5.64. The van der Waals surface area contributed by atoms with Gasteiger partial charge in [0.2, 0.25) is 0 Å². The van der Waals surface area contributed by atoms with E-state index in [9.17, 15) is 14.4 Å². The lowest BCUT2D eigenvalue weighted by Crippen LogP contribution is -2.47. The highest BCUT2D eigenvalue weighted by Gasteiger charge is 2.23. The lowest BCUT2D eigenvalue weighted by molar-refractivity contribution is 0.0664. The monoisotopic (exact) mass is 560 g/mol. The number of primary amides is 1. The number of nitrogens with one attached hydrogen (secondary N) is 3. The van der Waals surface area contributed by atoms with E-state index in [2.05, 4.69) is 27.6 Å². The van der Waals surface area contributed by atoms with E-state index in [1.54, 1.807) is 6.07 Å². The number of fused-ring (bicyclic) bond motifs is 3. The summed E-state index contributed by atoms with van der Waals surface area (Å²) < 4.78 is 0. The van der Waals surface area contributed by atoms with Crippen LogP contribution in [0.2, 0.25) is 0 Å². The number of benzene rings is 4. The van der Waals surface area contributed by atoms with Gasteiger partial charge in [0, 0.05) is 59.4 Å². The average Bonchev–Trinajstić information content (AvgIpc) is 3.37. The summed E-state index contributed by atoms with van der Waals surface area (Å²) >= 11 is 0. The van der Waals surface area contributed by atoms with Gasteiger partial charge in [-0.3, -0.25) is 9.59 Å². The molecule has 0 bridgehead atoms. The smallest absolute Gasteiger partial charge is 0.323 e. The molecule has 4 amide bonds. The normalized spacial score (nSPS) is 13.8. The number of likely N-dealkylation sites (N-methyl/N-ethyl adjacent to an activating group) is 1. The molecule has 1 aromatic heterocycles. The number of urea groups is 1. The summed E-state index contributed by atoms with van der Waals surface area (Å²) in [5.74, 6) is -0.557. The molecule has 1 aliphatic rings. The third kappa shape index (κ3) is 5.06. The second-order valence-electron chi connectivity index (χ2n) is 10.7. The molecular formula is C33H32N6O3. The summed E-state index contributed by atoms with van der Waals surface area (Å²) in [5, 5.41) is 7.50. The third-order valence-corrected chi connectivity index (χ3v) is 7.96. The van der Waals surface area contributed by atoms with Gasteiger partial charge in [-0.05, 0) is 67.1 Å². The highest BCUT2D eigenvalue weighted by Crippen LogP contribution is 2.39. The van der Waals surface area contributed by atoms with Crippen LogP contribution >= 0.6 is 0 Å². The van der Waals surface area contributed by atoms with Crippen molar-refractivity contribution in [3.05, 3.63) is 95.6 Å². The van der Waals surface area contributed by atoms with Gasteiger partial charge >= 0.3 is 6.03 Å². The minimum atomic E-state index is -0.545. The van der Waals surface area contributed by atoms with Crippen molar-refractivity contribution in [1.82, 2.24) is 14.8 Å². The zero-order valence-electron chi connectivity index (χ0n) is 23.5. The summed E-state index contributed by atoms with van der Waals surface area (Å²) in [6, 6.07) is 23.8. The van der Waals surface area contributed by atoms with Crippen LogP contribution in [0.25, 0.3) is 32.9 Å². The molecule has 9 heteroatoms. The molecule has 5 aromatic rings. The lowest BCUT2D eigenvalue weighted by Gasteiger charge is -2.32. The van der Waals surface area contributed by atoms with E-state index in [-0.39, 0.29) is 11.9 Å². The average molecular weight is 561 g/mol. The van der Waals surface area contributed by atoms with Crippen LogP contribution in [0.1, 0.15) is 26.3 Å². The molecule has 42 heavy (non-hydrogen) atoms. The molecule has 0 spiro atoms. The Hall–Kier alpha value is -5.15.